The zero-order valence-electron chi connectivity index (χ0n) is 10.6. The van der Waals surface area contributed by atoms with Gasteiger partial charge in [-0.1, -0.05) is 23.7 Å². The van der Waals surface area contributed by atoms with Gasteiger partial charge < -0.3 is 10.2 Å². The summed E-state index contributed by atoms with van der Waals surface area (Å²) in [7, 11) is 0. The van der Waals surface area contributed by atoms with E-state index in [2.05, 4.69) is 10.9 Å². The Bertz CT molecular complexity index is 703. The van der Waals surface area contributed by atoms with E-state index in [9.17, 15) is 14.7 Å². The van der Waals surface area contributed by atoms with Crippen LogP contribution in [0.3, 0.4) is 0 Å². The summed E-state index contributed by atoms with van der Waals surface area (Å²) in [5, 5.41) is 18.9. The van der Waals surface area contributed by atoms with Crippen LogP contribution in [0, 0.1) is 0 Å². The van der Waals surface area contributed by atoms with Crippen LogP contribution < -0.4 is 10.9 Å². The van der Waals surface area contributed by atoms with Gasteiger partial charge in [-0.15, -0.1) is 0 Å². The molecule has 2 aromatic rings. The van der Waals surface area contributed by atoms with Gasteiger partial charge in [-0.05, 0) is 24.3 Å². The maximum absolute atomic E-state index is 11.8. The zero-order chi connectivity index (χ0) is 15.4. The van der Waals surface area contributed by atoms with E-state index < -0.39 is 17.6 Å². The molecule has 7 heteroatoms. The molecule has 0 aromatic heterocycles. The predicted octanol–water partition coefficient (Wildman–Crippen LogP) is 1.83. The first kappa shape index (κ1) is 14.7. The molecule has 0 saturated carbocycles. The van der Waals surface area contributed by atoms with E-state index in [1.54, 1.807) is 18.2 Å². The molecule has 6 nitrogen and oxygen atoms in total. The topological polar surface area (TPSA) is 98.7 Å². The lowest BCUT2D eigenvalue weighted by Crippen LogP contribution is -2.41. The molecule has 0 bridgehead atoms. The third kappa shape index (κ3) is 3.43. The van der Waals surface area contributed by atoms with Crippen molar-refractivity contribution in [3.8, 4) is 11.5 Å². The van der Waals surface area contributed by atoms with Crippen LogP contribution in [0.4, 0.5) is 0 Å². The molecular formula is C14H11ClN2O4. The second kappa shape index (κ2) is 6.15. The molecule has 0 aliphatic heterocycles. The Kier molecular flexibility index (Phi) is 4.30. The standard InChI is InChI=1S/C14H11ClN2O4/c15-11-4-2-1-3-9(11)13(20)16-17-14(21)10-6-5-8(18)7-12(10)19/h1-7,18-19H,(H,16,20)(H,17,21). The summed E-state index contributed by atoms with van der Waals surface area (Å²) in [6.07, 6.45) is 0. The Hall–Kier alpha value is -2.73. The number of amides is 2. The van der Waals surface area contributed by atoms with Crippen molar-refractivity contribution in [2.75, 3.05) is 0 Å². The van der Waals surface area contributed by atoms with E-state index in [1.165, 1.54) is 18.2 Å². The van der Waals surface area contributed by atoms with Crippen molar-refractivity contribution in [1.82, 2.24) is 10.9 Å². The highest BCUT2D eigenvalue weighted by atomic mass is 35.5. The van der Waals surface area contributed by atoms with E-state index in [0.717, 1.165) is 6.07 Å². The van der Waals surface area contributed by atoms with E-state index in [4.69, 9.17) is 16.7 Å². The number of phenols is 2. The summed E-state index contributed by atoms with van der Waals surface area (Å²) in [6, 6.07) is 9.84. The Morgan fingerprint density at radius 1 is 0.905 bits per heavy atom. The number of carbonyl (C=O) groups is 2. The molecule has 21 heavy (non-hydrogen) atoms. The van der Waals surface area contributed by atoms with E-state index in [1.807, 2.05) is 0 Å². The molecule has 0 saturated heterocycles. The number of phenolic OH excluding ortho intramolecular Hbond substituents is 2. The maximum Gasteiger partial charge on any atom is 0.273 e. The van der Waals surface area contributed by atoms with Gasteiger partial charge >= 0.3 is 0 Å². The number of nitrogens with one attached hydrogen (secondary N) is 2. The number of halogens is 1. The fourth-order valence-electron chi connectivity index (χ4n) is 1.61. The molecule has 0 aliphatic rings. The van der Waals surface area contributed by atoms with Crippen molar-refractivity contribution in [2.24, 2.45) is 0 Å². The lowest BCUT2D eigenvalue weighted by molar-refractivity contribution is 0.0845. The van der Waals surface area contributed by atoms with Crippen molar-refractivity contribution in [3.63, 3.8) is 0 Å². The van der Waals surface area contributed by atoms with Crippen molar-refractivity contribution < 1.29 is 19.8 Å². The highest BCUT2D eigenvalue weighted by Gasteiger charge is 2.14. The average molecular weight is 307 g/mol. The zero-order valence-corrected chi connectivity index (χ0v) is 11.4. The van der Waals surface area contributed by atoms with Gasteiger partial charge in [0.05, 0.1) is 16.1 Å². The minimum Gasteiger partial charge on any atom is -0.508 e. The van der Waals surface area contributed by atoms with Crippen LogP contribution in [0.1, 0.15) is 20.7 Å². The number of hydrogen-bond donors (Lipinski definition) is 4. The maximum atomic E-state index is 11.8. The SMILES string of the molecule is O=C(NNC(=O)c1ccccc1Cl)c1ccc(O)cc1O. The van der Waals surface area contributed by atoms with Crippen LogP contribution in [0.25, 0.3) is 0 Å². The molecule has 0 atom stereocenters. The minimum atomic E-state index is -0.729. The molecule has 0 unspecified atom stereocenters. The molecule has 0 spiro atoms. The number of aromatic hydroxyl groups is 2. The van der Waals surface area contributed by atoms with Gasteiger partial charge in [0.2, 0.25) is 0 Å². The largest absolute Gasteiger partial charge is 0.508 e. The van der Waals surface area contributed by atoms with Crippen LogP contribution in [0.15, 0.2) is 42.5 Å². The molecule has 0 heterocycles. The number of benzene rings is 2. The second-order valence-corrected chi connectivity index (χ2v) is 4.50. The van der Waals surface area contributed by atoms with Crippen molar-refractivity contribution in [3.05, 3.63) is 58.6 Å². The summed E-state index contributed by atoms with van der Waals surface area (Å²) in [5.41, 5.74) is 4.44. The molecule has 2 aromatic carbocycles. The molecule has 108 valence electrons. The van der Waals surface area contributed by atoms with Crippen LogP contribution in [-0.2, 0) is 0 Å². The average Bonchev–Trinajstić information content (AvgIpc) is 2.45. The molecule has 0 radical (unpaired) electrons. The van der Waals surface area contributed by atoms with E-state index >= 15 is 0 Å². The fourth-order valence-corrected chi connectivity index (χ4v) is 1.83. The lowest BCUT2D eigenvalue weighted by atomic mass is 10.2. The van der Waals surface area contributed by atoms with Crippen molar-refractivity contribution >= 4 is 23.4 Å². The highest BCUT2D eigenvalue weighted by Crippen LogP contribution is 2.22. The van der Waals surface area contributed by atoms with Crippen LogP contribution in [-0.4, -0.2) is 22.0 Å². The number of rotatable bonds is 2. The molecule has 0 fully saturated rings. The van der Waals surface area contributed by atoms with E-state index in [0.29, 0.717) is 0 Å². The lowest BCUT2D eigenvalue weighted by Gasteiger charge is -2.09. The van der Waals surface area contributed by atoms with Crippen LogP contribution >= 0.6 is 11.6 Å². The molecule has 4 N–H and O–H groups in total. The first-order valence-electron chi connectivity index (χ1n) is 5.86. The molecule has 2 amide bonds. The summed E-state index contributed by atoms with van der Waals surface area (Å²) >= 11 is 5.85. The monoisotopic (exact) mass is 306 g/mol. The van der Waals surface area contributed by atoms with Crippen molar-refractivity contribution in [1.29, 1.82) is 0 Å². The Morgan fingerprint density at radius 3 is 2.14 bits per heavy atom. The Balaban J connectivity index is 2.04. The predicted molar refractivity (Wildman–Crippen MR) is 76.2 cm³/mol. The quantitative estimate of drug-likeness (QED) is 0.636. The van der Waals surface area contributed by atoms with Crippen LogP contribution in [0.5, 0.6) is 11.5 Å². The van der Waals surface area contributed by atoms with Gasteiger partial charge in [-0.2, -0.15) is 0 Å². The number of carbonyl (C=O) groups excluding carboxylic acids is 2. The molecule has 0 aliphatic carbocycles. The van der Waals surface area contributed by atoms with Gasteiger partial charge in [0.25, 0.3) is 11.8 Å². The van der Waals surface area contributed by atoms with E-state index in [-0.39, 0.29) is 21.9 Å². The van der Waals surface area contributed by atoms with Gasteiger partial charge in [0, 0.05) is 6.07 Å². The molecular weight excluding hydrogens is 296 g/mol. The smallest absolute Gasteiger partial charge is 0.273 e. The number of hydrogen-bond acceptors (Lipinski definition) is 4. The van der Waals surface area contributed by atoms with Gasteiger partial charge in [0.1, 0.15) is 11.5 Å². The van der Waals surface area contributed by atoms with Gasteiger partial charge in [-0.25, -0.2) is 0 Å². The third-order valence-corrected chi connectivity index (χ3v) is 2.96. The summed E-state index contributed by atoms with van der Waals surface area (Å²) in [6.45, 7) is 0. The first-order valence-corrected chi connectivity index (χ1v) is 6.24. The normalized spacial score (nSPS) is 9.95. The summed E-state index contributed by atoms with van der Waals surface area (Å²) in [4.78, 5) is 23.6. The van der Waals surface area contributed by atoms with Crippen LogP contribution in [0.2, 0.25) is 5.02 Å². The van der Waals surface area contributed by atoms with Crippen molar-refractivity contribution in [2.45, 2.75) is 0 Å². The van der Waals surface area contributed by atoms with Gasteiger partial charge in [0.15, 0.2) is 0 Å². The third-order valence-electron chi connectivity index (χ3n) is 2.63. The second-order valence-electron chi connectivity index (χ2n) is 4.09. The highest BCUT2D eigenvalue weighted by molar-refractivity contribution is 6.33. The summed E-state index contributed by atoms with van der Waals surface area (Å²) in [5.74, 6) is -1.90. The Labute approximate surface area is 125 Å². The fraction of sp³-hybridized carbons (Fsp3) is 0. The Morgan fingerprint density at radius 2 is 1.52 bits per heavy atom. The minimum absolute atomic E-state index is 0.0905. The van der Waals surface area contributed by atoms with Gasteiger partial charge in [-0.3, -0.25) is 20.4 Å². The summed E-state index contributed by atoms with van der Waals surface area (Å²) < 4.78 is 0. The number of hydrazine groups is 1. The first-order chi connectivity index (χ1) is 9.99. The molecule has 2 rings (SSSR count).